The number of carbonyl (C=O) groups is 2. The van der Waals surface area contributed by atoms with Gasteiger partial charge in [0.05, 0.1) is 11.7 Å². The maximum atomic E-state index is 13.5. The third-order valence-corrected chi connectivity index (χ3v) is 7.40. The second-order valence-electron chi connectivity index (χ2n) is 10.6. The molecule has 2 aliphatic rings. The van der Waals surface area contributed by atoms with Gasteiger partial charge >= 0.3 is 6.09 Å². The smallest absolute Gasteiger partial charge is 0.416 e. The number of benzene rings is 2. The minimum Gasteiger partial charge on any atom is -0.464 e. The molecule has 2 aromatic carbocycles. The van der Waals surface area contributed by atoms with Gasteiger partial charge < -0.3 is 5.11 Å². The molecule has 37 heavy (non-hydrogen) atoms. The van der Waals surface area contributed by atoms with E-state index in [2.05, 4.69) is 74.3 Å². The Morgan fingerprint density at radius 3 is 2.70 bits per heavy atom. The number of nitrogens with zero attached hydrogens (tertiary/aromatic N) is 2. The summed E-state index contributed by atoms with van der Waals surface area (Å²) in [5.41, 5.74) is 5.27. The van der Waals surface area contributed by atoms with Gasteiger partial charge in [-0.25, -0.2) is 4.79 Å². The molecule has 0 saturated heterocycles. The molecule has 2 heterocycles. The van der Waals surface area contributed by atoms with E-state index in [-0.39, 0.29) is 11.3 Å². The monoisotopic (exact) mass is 492 g/mol. The number of fused-ring (bicyclic) bond motifs is 6. The molecule has 0 fully saturated rings. The number of Topliss-reactive ketones (excluding diaryl/α,β-unsaturated/α-hetero) is 1. The third kappa shape index (κ3) is 4.62. The van der Waals surface area contributed by atoms with Crippen molar-refractivity contribution in [3.05, 3.63) is 88.7 Å². The zero-order valence-electron chi connectivity index (χ0n) is 21.6. The lowest BCUT2D eigenvalue weighted by Gasteiger charge is -2.29. The average molecular weight is 493 g/mol. The molecule has 2 aliphatic carbocycles. The molecule has 0 saturated carbocycles. The number of carboxylic acid groups (broad SMARTS) is 1. The molecule has 6 rings (SSSR count). The number of hydrogen-bond acceptors (Lipinski definition) is 3. The van der Waals surface area contributed by atoms with Gasteiger partial charge in [-0.05, 0) is 57.5 Å². The molecule has 0 amide bonds. The van der Waals surface area contributed by atoms with Crippen LogP contribution in [0.1, 0.15) is 68.3 Å². The quantitative estimate of drug-likeness (QED) is 0.360. The zero-order chi connectivity index (χ0) is 26.2. The normalized spacial score (nSPS) is 16.8. The van der Waals surface area contributed by atoms with E-state index in [9.17, 15) is 9.59 Å². The lowest BCUT2D eigenvalue weighted by atomic mass is 9.73. The second kappa shape index (κ2) is 9.81. The van der Waals surface area contributed by atoms with E-state index in [0.717, 1.165) is 52.0 Å². The number of rotatable bonds is 3. The molecule has 1 N–H and O–H groups in total. The number of unbranched alkanes of at least 4 members (excludes halogenated alkanes) is 1. The van der Waals surface area contributed by atoms with Crippen molar-refractivity contribution in [2.45, 2.75) is 52.4 Å². The lowest BCUT2D eigenvalue weighted by molar-refractivity contribution is 0.0951. The summed E-state index contributed by atoms with van der Waals surface area (Å²) in [4.78, 5) is 28.0. The van der Waals surface area contributed by atoms with E-state index in [1.807, 2.05) is 0 Å². The van der Waals surface area contributed by atoms with Gasteiger partial charge in [-0.3, -0.25) is 14.3 Å². The van der Waals surface area contributed by atoms with E-state index in [1.165, 1.54) is 28.7 Å². The van der Waals surface area contributed by atoms with Crippen molar-refractivity contribution in [2.75, 3.05) is 0 Å². The van der Waals surface area contributed by atoms with Crippen molar-refractivity contribution in [3.8, 4) is 11.1 Å². The van der Waals surface area contributed by atoms with Crippen LogP contribution in [0.2, 0.25) is 0 Å². The summed E-state index contributed by atoms with van der Waals surface area (Å²) in [6.07, 6.45) is 12.5. The van der Waals surface area contributed by atoms with Crippen molar-refractivity contribution < 1.29 is 14.7 Å². The first-order chi connectivity index (χ1) is 17.8. The molecule has 0 aliphatic heterocycles. The van der Waals surface area contributed by atoms with Gasteiger partial charge in [0.25, 0.3) is 0 Å². The molecule has 5 heteroatoms. The Morgan fingerprint density at radius 1 is 1.11 bits per heavy atom. The summed E-state index contributed by atoms with van der Waals surface area (Å²) in [5.74, 6) is 0.329. The highest BCUT2D eigenvalue weighted by atomic mass is 16.4. The Balaban J connectivity index is 0.000000195. The number of pyridine rings is 1. The SMILES string of the molecule is CCCCC1C(=O)c2c(ccc3c2=CC(C)(C)CC=3)-c2ccccc21.O=C(O)n1ccc2ccncc21. The van der Waals surface area contributed by atoms with E-state index in [4.69, 9.17) is 5.11 Å². The fraction of sp³-hybridized carbons (Fsp3) is 0.281. The van der Waals surface area contributed by atoms with Crippen LogP contribution in [-0.2, 0) is 0 Å². The van der Waals surface area contributed by atoms with Gasteiger partial charge in [0, 0.05) is 29.3 Å². The van der Waals surface area contributed by atoms with Crippen molar-refractivity contribution in [3.63, 3.8) is 0 Å². The fourth-order valence-electron chi connectivity index (χ4n) is 5.48. The Morgan fingerprint density at radius 2 is 1.92 bits per heavy atom. The van der Waals surface area contributed by atoms with Crippen LogP contribution in [-0.4, -0.2) is 26.5 Å². The molecule has 1 unspecified atom stereocenters. The van der Waals surface area contributed by atoms with Gasteiger partial charge in [-0.15, -0.1) is 0 Å². The number of aromatic nitrogens is 2. The molecule has 0 radical (unpaired) electrons. The molecule has 4 aromatic rings. The van der Waals surface area contributed by atoms with Crippen LogP contribution in [0.3, 0.4) is 0 Å². The summed E-state index contributed by atoms with van der Waals surface area (Å²) in [6.45, 7) is 6.70. The molecule has 5 nitrogen and oxygen atoms in total. The summed E-state index contributed by atoms with van der Waals surface area (Å²) in [5, 5.41) is 12.0. The molecule has 2 aromatic heterocycles. The predicted molar refractivity (Wildman–Crippen MR) is 148 cm³/mol. The van der Waals surface area contributed by atoms with Crippen LogP contribution in [0.25, 0.3) is 34.2 Å². The Labute approximate surface area is 216 Å². The van der Waals surface area contributed by atoms with Crippen LogP contribution >= 0.6 is 0 Å². The van der Waals surface area contributed by atoms with E-state index >= 15 is 0 Å². The maximum absolute atomic E-state index is 13.5. The molecular formula is C32H32N2O3. The Hall–Kier alpha value is -3.99. The molecular weight excluding hydrogens is 460 g/mol. The molecule has 188 valence electrons. The highest BCUT2D eigenvalue weighted by Gasteiger charge is 2.33. The maximum Gasteiger partial charge on any atom is 0.416 e. The van der Waals surface area contributed by atoms with Crippen molar-refractivity contribution in [1.82, 2.24) is 9.55 Å². The van der Waals surface area contributed by atoms with E-state index < -0.39 is 6.09 Å². The number of carbonyl (C=O) groups excluding carboxylic acids is 1. The standard InChI is InChI=1S/C24H26O.C8H6N2O2/c1-4-5-8-20-18-10-7-6-9-17(18)19-12-11-16-13-14-24(2,3)15-21(16)22(19)23(20)25;11-8(12)10-4-2-6-1-3-9-5-7(6)10/h6-7,9-13,15,20H,4-5,8,14H2,1-3H3;1-5H,(H,11,12). The van der Waals surface area contributed by atoms with Gasteiger partial charge in [0.2, 0.25) is 0 Å². The van der Waals surface area contributed by atoms with Gasteiger partial charge in [-0.1, -0.05) is 82.2 Å². The zero-order valence-corrected chi connectivity index (χ0v) is 21.6. The predicted octanol–water partition coefficient (Wildman–Crippen LogP) is 6.38. The summed E-state index contributed by atoms with van der Waals surface area (Å²) >= 11 is 0. The second-order valence-corrected chi connectivity index (χ2v) is 10.6. The van der Waals surface area contributed by atoms with Crippen LogP contribution in [0.4, 0.5) is 4.79 Å². The minimum absolute atomic E-state index is 0.00795. The summed E-state index contributed by atoms with van der Waals surface area (Å²) < 4.78 is 1.14. The first-order valence-electron chi connectivity index (χ1n) is 12.9. The van der Waals surface area contributed by atoms with Gasteiger partial charge in [0.15, 0.2) is 5.78 Å². The van der Waals surface area contributed by atoms with Gasteiger partial charge in [0.1, 0.15) is 0 Å². The van der Waals surface area contributed by atoms with E-state index in [1.54, 1.807) is 18.3 Å². The minimum atomic E-state index is -0.988. The van der Waals surface area contributed by atoms with Crippen molar-refractivity contribution >= 4 is 34.9 Å². The van der Waals surface area contributed by atoms with Crippen LogP contribution < -0.4 is 10.4 Å². The first kappa shape index (κ1) is 24.7. The topological polar surface area (TPSA) is 72.2 Å². The highest BCUT2D eigenvalue weighted by Crippen LogP contribution is 2.40. The fourth-order valence-corrected chi connectivity index (χ4v) is 5.48. The van der Waals surface area contributed by atoms with Crippen molar-refractivity contribution in [1.29, 1.82) is 0 Å². The number of ketones is 1. The summed E-state index contributed by atoms with van der Waals surface area (Å²) in [6, 6.07) is 16.4. The number of hydrogen-bond donors (Lipinski definition) is 1. The lowest BCUT2D eigenvalue weighted by Crippen LogP contribution is -2.39. The van der Waals surface area contributed by atoms with Crippen LogP contribution in [0, 0.1) is 5.41 Å². The molecule has 0 spiro atoms. The average Bonchev–Trinajstić information content (AvgIpc) is 3.33. The van der Waals surface area contributed by atoms with Crippen LogP contribution in [0.5, 0.6) is 0 Å². The van der Waals surface area contributed by atoms with Gasteiger partial charge in [-0.2, -0.15) is 0 Å². The Kier molecular flexibility index (Phi) is 6.55. The first-order valence-corrected chi connectivity index (χ1v) is 12.9. The Bertz CT molecular complexity index is 1630. The third-order valence-electron chi connectivity index (χ3n) is 7.40. The largest absolute Gasteiger partial charge is 0.464 e. The summed E-state index contributed by atoms with van der Waals surface area (Å²) in [7, 11) is 0. The van der Waals surface area contributed by atoms with Crippen molar-refractivity contribution in [2.24, 2.45) is 5.41 Å². The van der Waals surface area contributed by atoms with E-state index in [0.29, 0.717) is 11.3 Å². The molecule has 1 atom stereocenters. The molecule has 0 bridgehead atoms. The highest BCUT2D eigenvalue weighted by molar-refractivity contribution is 6.10. The van der Waals surface area contributed by atoms with Crippen LogP contribution in [0.15, 0.2) is 67.1 Å².